The van der Waals surface area contributed by atoms with Gasteiger partial charge in [0.25, 0.3) is 0 Å². The minimum absolute atomic E-state index is 0.364. The monoisotopic (exact) mass is 635 g/mol. The summed E-state index contributed by atoms with van der Waals surface area (Å²) in [6, 6.07) is 31.7. The molecule has 3 atom stereocenters. The van der Waals surface area contributed by atoms with E-state index in [9.17, 15) is 14.7 Å². The van der Waals surface area contributed by atoms with Gasteiger partial charge in [-0.3, -0.25) is 9.88 Å². The van der Waals surface area contributed by atoms with Gasteiger partial charge in [0.05, 0.1) is 11.6 Å². The Morgan fingerprint density at radius 3 is 1.94 bits per heavy atom. The first-order valence-electron chi connectivity index (χ1n) is 16.1. The highest BCUT2D eigenvalue weighted by molar-refractivity contribution is 5.69. The van der Waals surface area contributed by atoms with Crippen molar-refractivity contribution in [3.63, 3.8) is 0 Å². The molecule has 0 unspecified atom stereocenters. The SMILES string of the molecule is CC(C)(C)OC(=O)N[C@@H](Cc1ccccc1)C[C@@H]1OC(C)(C)N(C(=O)O)[C@@]1(Cc1ccccc1)Cc1ccc(-c2ccncc2)cc1. The van der Waals surface area contributed by atoms with Gasteiger partial charge in [-0.2, -0.15) is 0 Å². The average Bonchev–Trinajstić information content (AvgIpc) is 3.22. The number of rotatable bonds is 10. The Hall–Kier alpha value is -4.69. The van der Waals surface area contributed by atoms with Crippen LogP contribution in [-0.2, 0) is 28.7 Å². The normalized spacial score (nSPS) is 19.6. The molecule has 3 aromatic carbocycles. The van der Waals surface area contributed by atoms with Crippen molar-refractivity contribution in [1.29, 1.82) is 0 Å². The number of aromatic nitrogens is 1. The van der Waals surface area contributed by atoms with Crippen LogP contribution in [0.5, 0.6) is 0 Å². The van der Waals surface area contributed by atoms with E-state index in [0.29, 0.717) is 25.7 Å². The standard InChI is InChI=1S/C39H45N3O5/c1-37(2,3)47-35(43)41-33(24-28-12-8-6-9-13-28)25-34-39(26-29-14-10-7-11-15-29,42(36(44)45)38(4,5)46-34)27-30-16-18-31(19-17-30)32-20-22-40-23-21-32/h6-23,33-34H,24-27H2,1-5H3,(H,41,43)(H,44,45)/t33-,34-,39-/m0/s1. The van der Waals surface area contributed by atoms with Crippen LogP contribution in [-0.4, -0.2) is 56.2 Å². The maximum absolute atomic E-state index is 13.3. The fourth-order valence-corrected chi connectivity index (χ4v) is 6.81. The first-order valence-corrected chi connectivity index (χ1v) is 16.1. The number of carbonyl (C=O) groups is 2. The number of amides is 2. The van der Waals surface area contributed by atoms with E-state index in [0.717, 1.165) is 27.8 Å². The van der Waals surface area contributed by atoms with Crippen LogP contribution in [0.4, 0.5) is 9.59 Å². The second kappa shape index (κ2) is 14.0. The second-order valence-corrected chi connectivity index (χ2v) is 13.8. The van der Waals surface area contributed by atoms with E-state index in [2.05, 4.69) is 34.6 Å². The number of carbonyl (C=O) groups excluding carboxylic acids is 1. The number of nitrogens with one attached hydrogen (secondary N) is 1. The van der Waals surface area contributed by atoms with Crippen molar-refractivity contribution in [1.82, 2.24) is 15.2 Å². The van der Waals surface area contributed by atoms with Gasteiger partial charge >= 0.3 is 12.2 Å². The number of hydrogen-bond acceptors (Lipinski definition) is 5. The molecule has 8 heteroatoms. The largest absolute Gasteiger partial charge is 0.465 e. The van der Waals surface area contributed by atoms with Gasteiger partial charge in [-0.25, -0.2) is 9.59 Å². The molecule has 1 aliphatic rings. The van der Waals surface area contributed by atoms with Gasteiger partial charge in [0, 0.05) is 18.4 Å². The Morgan fingerprint density at radius 1 is 0.851 bits per heavy atom. The lowest BCUT2D eigenvalue weighted by Crippen LogP contribution is -2.60. The summed E-state index contributed by atoms with van der Waals surface area (Å²) in [5.41, 5.74) is 2.32. The molecule has 47 heavy (non-hydrogen) atoms. The van der Waals surface area contributed by atoms with Crippen molar-refractivity contribution in [3.8, 4) is 11.1 Å². The molecule has 2 amide bonds. The smallest absolute Gasteiger partial charge is 0.410 e. The lowest BCUT2D eigenvalue weighted by molar-refractivity contribution is -0.0697. The lowest BCUT2D eigenvalue weighted by Gasteiger charge is -2.43. The fourth-order valence-electron chi connectivity index (χ4n) is 6.81. The van der Waals surface area contributed by atoms with Crippen LogP contribution < -0.4 is 5.32 Å². The van der Waals surface area contributed by atoms with Crippen molar-refractivity contribution in [2.24, 2.45) is 0 Å². The van der Waals surface area contributed by atoms with E-state index in [4.69, 9.17) is 9.47 Å². The summed E-state index contributed by atoms with van der Waals surface area (Å²) in [6.07, 6.45) is 3.10. The Kier molecular flexibility index (Phi) is 10.0. The topological polar surface area (TPSA) is 101 Å². The highest BCUT2D eigenvalue weighted by Crippen LogP contribution is 2.46. The van der Waals surface area contributed by atoms with Crippen LogP contribution in [0, 0.1) is 0 Å². The van der Waals surface area contributed by atoms with Gasteiger partial charge in [0.1, 0.15) is 11.3 Å². The second-order valence-electron chi connectivity index (χ2n) is 13.8. The van der Waals surface area contributed by atoms with Crippen molar-refractivity contribution in [2.75, 3.05) is 0 Å². The number of carboxylic acid groups (broad SMARTS) is 1. The Labute approximate surface area is 277 Å². The van der Waals surface area contributed by atoms with Crippen molar-refractivity contribution in [3.05, 3.63) is 126 Å². The van der Waals surface area contributed by atoms with Gasteiger partial charge in [-0.05, 0) is 100 Å². The molecule has 1 fully saturated rings. The van der Waals surface area contributed by atoms with Crippen LogP contribution in [0.1, 0.15) is 57.7 Å². The molecule has 4 aromatic rings. The summed E-state index contributed by atoms with van der Waals surface area (Å²) in [5, 5.41) is 13.9. The van der Waals surface area contributed by atoms with Crippen LogP contribution in [0.3, 0.4) is 0 Å². The third-order valence-electron chi connectivity index (χ3n) is 8.58. The number of alkyl carbamates (subject to hydrolysis) is 1. The van der Waals surface area contributed by atoms with E-state index in [1.54, 1.807) is 26.2 Å². The van der Waals surface area contributed by atoms with Crippen molar-refractivity contribution < 1.29 is 24.2 Å². The van der Waals surface area contributed by atoms with E-state index in [1.807, 2.05) is 93.6 Å². The molecule has 246 valence electrons. The molecule has 1 aromatic heterocycles. The van der Waals surface area contributed by atoms with Crippen LogP contribution >= 0.6 is 0 Å². The predicted octanol–water partition coefficient (Wildman–Crippen LogP) is 7.91. The number of pyridine rings is 1. The van der Waals surface area contributed by atoms with Crippen molar-refractivity contribution in [2.45, 2.75) is 89.3 Å². The molecule has 2 N–H and O–H groups in total. The number of hydrogen-bond donors (Lipinski definition) is 2. The van der Waals surface area contributed by atoms with Gasteiger partial charge < -0.3 is 19.9 Å². The van der Waals surface area contributed by atoms with Crippen molar-refractivity contribution >= 4 is 12.2 Å². The third-order valence-corrected chi connectivity index (χ3v) is 8.58. The van der Waals surface area contributed by atoms with Gasteiger partial charge in [-0.1, -0.05) is 84.9 Å². The summed E-state index contributed by atoms with van der Waals surface area (Å²) < 4.78 is 12.4. The van der Waals surface area contributed by atoms with E-state index in [1.165, 1.54) is 4.90 Å². The van der Waals surface area contributed by atoms with Crippen LogP contribution in [0.15, 0.2) is 109 Å². The molecule has 2 heterocycles. The zero-order valence-electron chi connectivity index (χ0n) is 27.9. The molecular weight excluding hydrogens is 590 g/mol. The van der Waals surface area contributed by atoms with Gasteiger partial charge in [0.2, 0.25) is 0 Å². The first-order chi connectivity index (χ1) is 22.3. The summed E-state index contributed by atoms with van der Waals surface area (Å²) >= 11 is 0. The summed E-state index contributed by atoms with van der Waals surface area (Å²) in [7, 11) is 0. The highest BCUT2D eigenvalue weighted by Gasteiger charge is 2.60. The molecule has 1 saturated heterocycles. The van der Waals surface area contributed by atoms with E-state index in [-0.39, 0.29) is 0 Å². The average molecular weight is 636 g/mol. The third kappa shape index (κ3) is 8.37. The molecule has 8 nitrogen and oxygen atoms in total. The summed E-state index contributed by atoms with van der Waals surface area (Å²) in [5.74, 6) is 0. The fraction of sp³-hybridized carbons (Fsp3) is 0.359. The molecule has 0 saturated carbocycles. The Bertz CT molecular complexity index is 1620. The number of nitrogens with zero attached hydrogens (tertiary/aromatic N) is 2. The first kappa shape index (κ1) is 33.7. The Morgan fingerprint density at radius 2 is 1.38 bits per heavy atom. The molecule has 0 aliphatic carbocycles. The minimum atomic E-state index is -1.13. The number of ether oxygens (including phenoxy) is 2. The molecule has 0 bridgehead atoms. The molecular formula is C39H45N3O5. The Balaban J connectivity index is 1.56. The number of benzene rings is 3. The van der Waals surface area contributed by atoms with Gasteiger partial charge in [0.15, 0.2) is 0 Å². The van der Waals surface area contributed by atoms with E-state index >= 15 is 0 Å². The van der Waals surface area contributed by atoms with Crippen LogP contribution in [0.2, 0.25) is 0 Å². The molecule has 5 rings (SSSR count). The minimum Gasteiger partial charge on any atom is -0.465 e. The van der Waals surface area contributed by atoms with Crippen LogP contribution in [0.25, 0.3) is 11.1 Å². The quantitative estimate of drug-likeness (QED) is 0.184. The lowest BCUT2D eigenvalue weighted by atomic mass is 9.76. The zero-order valence-corrected chi connectivity index (χ0v) is 27.9. The predicted molar refractivity (Wildman–Crippen MR) is 183 cm³/mol. The molecule has 0 radical (unpaired) electrons. The zero-order chi connectivity index (χ0) is 33.7. The molecule has 1 aliphatic heterocycles. The highest BCUT2D eigenvalue weighted by atomic mass is 16.6. The maximum atomic E-state index is 13.3. The maximum Gasteiger partial charge on any atom is 0.410 e. The van der Waals surface area contributed by atoms with E-state index < -0.39 is 41.2 Å². The molecule has 0 spiro atoms. The summed E-state index contributed by atoms with van der Waals surface area (Å²) in [6.45, 7) is 9.10. The van der Waals surface area contributed by atoms with Gasteiger partial charge in [-0.15, -0.1) is 0 Å². The summed E-state index contributed by atoms with van der Waals surface area (Å²) in [4.78, 5) is 32.0.